The minimum atomic E-state index is -0.921. The van der Waals surface area contributed by atoms with E-state index in [1.165, 1.54) is 12.1 Å². The highest BCUT2D eigenvalue weighted by molar-refractivity contribution is 5.95. The number of nitrogens with two attached hydrogens (primary N) is 2. The van der Waals surface area contributed by atoms with E-state index in [9.17, 15) is 24.3 Å². The highest BCUT2D eigenvalue weighted by Gasteiger charge is 2.28. The van der Waals surface area contributed by atoms with Gasteiger partial charge in [0.2, 0.25) is 17.7 Å². The van der Waals surface area contributed by atoms with Crippen molar-refractivity contribution in [2.24, 2.45) is 16.5 Å². The van der Waals surface area contributed by atoms with Crippen molar-refractivity contribution in [3.8, 4) is 11.5 Å². The Balaban J connectivity index is 1.69. The number of phenolic OH excluding ortho intramolecular Hbond substituents is 1. The Hall–Kier alpha value is -5.63. The largest absolute Gasteiger partial charge is 0.508 e. The Labute approximate surface area is 292 Å². The van der Waals surface area contributed by atoms with Crippen LogP contribution in [-0.2, 0) is 20.9 Å². The summed E-state index contributed by atoms with van der Waals surface area (Å²) in [5.41, 5.74) is 13.7. The summed E-state index contributed by atoms with van der Waals surface area (Å²) in [4.78, 5) is 55.1. The molecule has 0 saturated carbocycles. The number of nitrogens with zero attached hydrogens (tertiary/aromatic N) is 1. The summed E-state index contributed by atoms with van der Waals surface area (Å²) in [6.07, 6.45) is 1.65. The Kier molecular flexibility index (Phi) is 16.6. The molecule has 0 aromatic heterocycles. The average molecular weight is 689 g/mol. The summed E-state index contributed by atoms with van der Waals surface area (Å²) >= 11 is 0. The normalized spacial score (nSPS) is 12.2. The fourth-order valence-corrected chi connectivity index (χ4v) is 4.82. The number of nitrogens with one attached hydrogen (secondary N) is 5. The first-order valence-electron chi connectivity index (χ1n) is 16.6. The summed E-state index contributed by atoms with van der Waals surface area (Å²) in [5, 5.41) is 23.1. The van der Waals surface area contributed by atoms with Crippen LogP contribution in [0.2, 0.25) is 0 Å². The number of hydrogen-bond acceptors (Lipinski definition) is 8. The van der Waals surface area contributed by atoms with Gasteiger partial charge in [-0.1, -0.05) is 61.5 Å². The lowest BCUT2D eigenvalue weighted by molar-refractivity contribution is -0.129. The van der Waals surface area contributed by atoms with Crippen molar-refractivity contribution in [3.63, 3.8) is 0 Å². The number of aliphatic imine (C=N–C) groups is 1. The molecule has 268 valence electrons. The molecule has 0 aliphatic carbocycles. The molecule has 0 aliphatic rings. The molecule has 2 atom stereocenters. The van der Waals surface area contributed by atoms with Crippen molar-refractivity contribution in [3.05, 3.63) is 95.6 Å². The number of guanidine groups is 1. The highest BCUT2D eigenvalue weighted by atomic mass is 16.5. The molecule has 0 heterocycles. The minimum Gasteiger partial charge on any atom is -0.508 e. The van der Waals surface area contributed by atoms with Crippen LogP contribution < -0.4 is 42.8 Å². The molecular formula is C36H48N8O6. The van der Waals surface area contributed by atoms with E-state index in [1.807, 2.05) is 42.5 Å². The molecule has 0 bridgehead atoms. The second-order valence-corrected chi connectivity index (χ2v) is 11.3. The van der Waals surface area contributed by atoms with Crippen LogP contribution in [0.15, 0.2) is 83.9 Å². The molecule has 14 nitrogen and oxygen atoms in total. The van der Waals surface area contributed by atoms with Crippen LogP contribution in [-0.4, -0.2) is 73.6 Å². The highest BCUT2D eigenvalue weighted by Crippen LogP contribution is 2.27. The van der Waals surface area contributed by atoms with Gasteiger partial charge in [0, 0.05) is 32.6 Å². The van der Waals surface area contributed by atoms with Crippen molar-refractivity contribution in [2.75, 3.05) is 32.8 Å². The van der Waals surface area contributed by atoms with E-state index in [-0.39, 0.29) is 56.1 Å². The number of phenols is 1. The van der Waals surface area contributed by atoms with Gasteiger partial charge in [0.05, 0.1) is 12.5 Å². The van der Waals surface area contributed by atoms with E-state index in [2.05, 4.69) is 31.6 Å². The first kappa shape index (κ1) is 38.8. The zero-order valence-electron chi connectivity index (χ0n) is 28.3. The van der Waals surface area contributed by atoms with Gasteiger partial charge in [0.1, 0.15) is 17.5 Å². The lowest BCUT2D eigenvalue weighted by atomic mass is 9.90. The number of urea groups is 1. The van der Waals surface area contributed by atoms with E-state index >= 15 is 0 Å². The number of aromatic hydroxyl groups is 1. The number of hydrogen-bond donors (Lipinski definition) is 8. The monoisotopic (exact) mass is 688 g/mol. The van der Waals surface area contributed by atoms with Gasteiger partial charge in [-0.25, -0.2) is 4.79 Å². The summed E-state index contributed by atoms with van der Waals surface area (Å²) in [6, 6.07) is 21.5. The van der Waals surface area contributed by atoms with Crippen LogP contribution in [0.5, 0.6) is 11.5 Å². The Bertz CT molecular complexity index is 1530. The van der Waals surface area contributed by atoms with Gasteiger partial charge in [-0.05, 0) is 66.8 Å². The van der Waals surface area contributed by atoms with Gasteiger partial charge in [-0.15, -0.1) is 0 Å². The number of ether oxygens (including phenoxy) is 1. The van der Waals surface area contributed by atoms with Crippen LogP contribution in [0.4, 0.5) is 4.79 Å². The number of benzene rings is 3. The van der Waals surface area contributed by atoms with Crippen LogP contribution in [0.1, 0.15) is 55.2 Å². The first-order chi connectivity index (χ1) is 24.2. The third kappa shape index (κ3) is 13.8. The van der Waals surface area contributed by atoms with Crippen LogP contribution >= 0.6 is 0 Å². The fourth-order valence-electron chi connectivity index (χ4n) is 4.82. The molecule has 0 saturated heterocycles. The molecule has 3 rings (SSSR count). The van der Waals surface area contributed by atoms with Crippen LogP contribution in [0.3, 0.4) is 0 Å². The lowest BCUT2D eigenvalue weighted by Crippen LogP contribution is -2.48. The van der Waals surface area contributed by atoms with Crippen LogP contribution in [0.25, 0.3) is 0 Å². The summed E-state index contributed by atoms with van der Waals surface area (Å²) in [5.74, 6) is -0.940. The quantitative estimate of drug-likeness (QED) is 0.0527. The lowest BCUT2D eigenvalue weighted by Gasteiger charge is -2.23. The standard InChI is InChI=1S/C36H48N8O6/c1-2-31(46)39-21-22-41-36(49)44-35(38)40-20-6-10-30(33(47)42-24-25-11-15-28(45)16-12-25)43-34(48)32(26-8-4-3-5-9-26)27-13-17-29(18-14-27)50-23-7-19-37/h3-5,8-9,11-18,30,32,45H,2,6-7,10,19-24,37H2,1H3,(H,39,46)(H,42,47)(H,43,48)(H4,38,40,41,44,49)/t30-,32?/m1/s1. The van der Waals surface area contributed by atoms with Gasteiger partial charge in [-0.2, -0.15) is 0 Å². The number of amides is 5. The maximum Gasteiger partial charge on any atom is 0.321 e. The molecule has 0 spiro atoms. The number of carbonyl (C=O) groups is 4. The third-order valence-electron chi connectivity index (χ3n) is 7.49. The van der Waals surface area contributed by atoms with E-state index in [4.69, 9.17) is 16.2 Å². The zero-order valence-corrected chi connectivity index (χ0v) is 28.3. The van der Waals surface area contributed by atoms with Gasteiger partial charge < -0.3 is 42.6 Å². The average Bonchev–Trinajstić information content (AvgIpc) is 3.12. The maximum atomic E-state index is 14.0. The predicted octanol–water partition coefficient (Wildman–Crippen LogP) is 1.97. The van der Waals surface area contributed by atoms with Crippen molar-refractivity contribution in [1.82, 2.24) is 26.6 Å². The van der Waals surface area contributed by atoms with Gasteiger partial charge in [0.25, 0.3) is 0 Å². The molecule has 0 radical (unpaired) electrons. The Morgan fingerprint density at radius 3 is 2.20 bits per heavy atom. The molecular weight excluding hydrogens is 640 g/mol. The third-order valence-corrected chi connectivity index (χ3v) is 7.49. The molecule has 14 heteroatoms. The molecule has 50 heavy (non-hydrogen) atoms. The molecule has 10 N–H and O–H groups in total. The molecule has 1 unspecified atom stereocenters. The van der Waals surface area contributed by atoms with Crippen molar-refractivity contribution in [2.45, 2.75) is 51.1 Å². The molecule has 3 aromatic carbocycles. The van der Waals surface area contributed by atoms with Gasteiger partial charge in [0.15, 0.2) is 5.96 Å². The van der Waals surface area contributed by atoms with E-state index in [0.717, 1.165) is 23.1 Å². The zero-order chi connectivity index (χ0) is 36.1. The van der Waals surface area contributed by atoms with Gasteiger partial charge in [-0.3, -0.25) is 24.7 Å². The molecule has 0 aliphatic heterocycles. The first-order valence-corrected chi connectivity index (χ1v) is 16.6. The molecule has 0 fully saturated rings. The van der Waals surface area contributed by atoms with Crippen molar-refractivity contribution in [1.29, 1.82) is 0 Å². The summed E-state index contributed by atoms with van der Waals surface area (Å²) < 4.78 is 5.73. The van der Waals surface area contributed by atoms with Gasteiger partial charge >= 0.3 is 6.03 Å². The Morgan fingerprint density at radius 1 is 0.840 bits per heavy atom. The van der Waals surface area contributed by atoms with Crippen LogP contribution in [0, 0.1) is 0 Å². The van der Waals surface area contributed by atoms with Crippen molar-refractivity contribution >= 4 is 29.7 Å². The summed E-state index contributed by atoms with van der Waals surface area (Å²) in [7, 11) is 0. The smallest absolute Gasteiger partial charge is 0.321 e. The number of rotatable bonds is 19. The van der Waals surface area contributed by atoms with E-state index in [0.29, 0.717) is 31.7 Å². The second kappa shape index (κ2) is 21.4. The number of carbonyl (C=O) groups excluding carboxylic acids is 4. The Morgan fingerprint density at radius 2 is 1.52 bits per heavy atom. The summed E-state index contributed by atoms with van der Waals surface area (Å²) in [6.45, 7) is 3.58. The maximum absolute atomic E-state index is 14.0. The molecule has 3 aromatic rings. The van der Waals surface area contributed by atoms with E-state index in [1.54, 1.807) is 31.2 Å². The minimum absolute atomic E-state index is 0.111. The fraction of sp³-hybridized carbons (Fsp3) is 0.361. The van der Waals surface area contributed by atoms with E-state index < -0.39 is 23.9 Å². The SMILES string of the molecule is CCC(=O)NCCNC(=O)NC(N)=NCCC[C@@H](NC(=O)C(c1ccccc1)c1ccc(OCCCN)cc1)C(=O)NCc1ccc(O)cc1. The second-order valence-electron chi connectivity index (χ2n) is 11.3. The van der Waals surface area contributed by atoms with Crippen molar-refractivity contribution < 1.29 is 29.0 Å². The predicted molar refractivity (Wildman–Crippen MR) is 191 cm³/mol. The molecule has 5 amide bonds. The topological polar surface area (TPSA) is 222 Å².